The quantitative estimate of drug-likeness (QED) is 0.826. The molecule has 2 heterocycles. The Kier molecular flexibility index (Phi) is 3.07. The summed E-state index contributed by atoms with van der Waals surface area (Å²) in [6, 6.07) is 3.19. The third-order valence-electron chi connectivity index (χ3n) is 2.22. The van der Waals surface area contributed by atoms with Gasteiger partial charge in [-0.3, -0.25) is 15.0 Å². The van der Waals surface area contributed by atoms with Crippen molar-refractivity contribution in [2.75, 3.05) is 7.11 Å². The number of hydrogen-bond donors (Lipinski definition) is 1. The van der Waals surface area contributed by atoms with Crippen molar-refractivity contribution in [3.63, 3.8) is 0 Å². The van der Waals surface area contributed by atoms with Gasteiger partial charge in [-0.05, 0) is 12.1 Å². The van der Waals surface area contributed by atoms with Gasteiger partial charge in [0.05, 0.1) is 25.0 Å². The monoisotopic (exact) mass is 216 g/mol. The minimum atomic E-state index is -0.426. The topological polar surface area (TPSA) is 73.9 Å². The molecule has 2 N–H and O–H groups in total. The SMILES string of the molecule is COc1cccnc1C(N)c1cnccn1. The van der Waals surface area contributed by atoms with Crippen LogP contribution in [0.3, 0.4) is 0 Å². The van der Waals surface area contributed by atoms with Crippen molar-refractivity contribution >= 4 is 0 Å². The predicted molar refractivity (Wildman–Crippen MR) is 58.9 cm³/mol. The maximum Gasteiger partial charge on any atom is 0.142 e. The molecule has 82 valence electrons. The molecule has 0 saturated heterocycles. The van der Waals surface area contributed by atoms with E-state index in [1.54, 1.807) is 38.0 Å². The van der Waals surface area contributed by atoms with Crippen LogP contribution in [0.15, 0.2) is 36.9 Å². The van der Waals surface area contributed by atoms with Crippen molar-refractivity contribution in [3.8, 4) is 5.75 Å². The van der Waals surface area contributed by atoms with E-state index in [0.717, 1.165) is 0 Å². The molecule has 0 radical (unpaired) electrons. The van der Waals surface area contributed by atoms with E-state index in [-0.39, 0.29) is 0 Å². The highest BCUT2D eigenvalue weighted by atomic mass is 16.5. The number of hydrogen-bond acceptors (Lipinski definition) is 5. The van der Waals surface area contributed by atoms with Gasteiger partial charge < -0.3 is 10.5 Å². The largest absolute Gasteiger partial charge is 0.495 e. The fraction of sp³-hybridized carbons (Fsp3) is 0.182. The van der Waals surface area contributed by atoms with Crippen LogP contribution in [0.25, 0.3) is 0 Å². The Morgan fingerprint density at radius 1 is 1.25 bits per heavy atom. The zero-order chi connectivity index (χ0) is 11.4. The first-order chi connectivity index (χ1) is 7.83. The third-order valence-corrected chi connectivity index (χ3v) is 2.22. The second-order valence-corrected chi connectivity index (χ2v) is 3.20. The summed E-state index contributed by atoms with van der Waals surface area (Å²) in [6.07, 6.45) is 6.50. The maximum absolute atomic E-state index is 6.05. The lowest BCUT2D eigenvalue weighted by Crippen LogP contribution is -2.16. The second kappa shape index (κ2) is 4.67. The molecule has 0 aliphatic rings. The van der Waals surface area contributed by atoms with Gasteiger partial charge >= 0.3 is 0 Å². The van der Waals surface area contributed by atoms with Crippen LogP contribution in [-0.4, -0.2) is 22.1 Å². The molecule has 1 unspecified atom stereocenters. The first kappa shape index (κ1) is 10.5. The van der Waals surface area contributed by atoms with Crippen molar-refractivity contribution in [1.29, 1.82) is 0 Å². The zero-order valence-corrected chi connectivity index (χ0v) is 8.87. The van der Waals surface area contributed by atoms with Crippen LogP contribution in [0.2, 0.25) is 0 Å². The fourth-order valence-electron chi connectivity index (χ4n) is 1.42. The first-order valence-electron chi connectivity index (χ1n) is 4.83. The maximum atomic E-state index is 6.05. The van der Waals surface area contributed by atoms with Crippen LogP contribution in [0.5, 0.6) is 5.75 Å². The minimum absolute atomic E-state index is 0.426. The molecule has 5 nitrogen and oxygen atoms in total. The Morgan fingerprint density at radius 3 is 2.81 bits per heavy atom. The molecule has 16 heavy (non-hydrogen) atoms. The smallest absolute Gasteiger partial charge is 0.142 e. The summed E-state index contributed by atoms with van der Waals surface area (Å²) in [7, 11) is 1.59. The average molecular weight is 216 g/mol. The highest BCUT2D eigenvalue weighted by Crippen LogP contribution is 2.23. The van der Waals surface area contributed by atoms with Crippen LogP contribution in [0.4, 0.5) is 0 Å². The fourth-order valence-corrected chi connectivity index (χ4v) is 1.42. The van der Waals surface area contributed by atoms with Gasteiger partial charge in [0, 0.05) is 18.6 Å². The van der Waals surface area contributed by atoms with Crippen molar-refractivity contribution in [1.82, 2.24) is 15.0 Å². The molecule has 2 aromatic rings. The molecule has 2 rings (SSSR count). The molecule has 0 amide bonds. The van der Waals surface area contributed by atoms with Crippen molar-refractivity contribution in [2.24, 2.45) is 5.73 Å². The molecule has 0 spiro atoms. The number of rotatable bonds is 3. The van der Waals surface area contributed by atoms with E-state index >= 15 is 0 Å². The summed E-state index contributed by atoms with van der Waals surface area (Å²) < 4.78 is 5.20. The van der Waals surface area contributed by atoms with Gasteiger partial charge in [0.1, 0.15) is 11.4 Å². The van der Waals surface area contributed by atoms with Gasteiger partial charge in [-0.15, -0.1) is 0 Å². The van der Waals surface area contributed by atoms with Crippen molar-refractivity contribution in [3.05, 3.63) is 48.3 Å². The number of aromatic nitrogens is 3. The lowest BCUT2D eigenvalue weighted by molar-refractivity contribution is 0.404. The van der Waals surface area contributed by atoms with Crippen LogP contribution in [0, 0.1) is 0 Å². The van der Waals surface area contributed by atoms with E-state index in [0.29, 0.717) is 17.1 Å². The van der Waals surface area contributed by atoms with E-state index in [4.69, 9.17) is 10.5 Å². The molecule has 0 aromatic carbocycles. The number of pyridine rings is 1. The Morgan fingerprint density at radius 2 is 2.12 bits per heavy atom. The van der Waals surface area contributed by atoms with Gasteiger partial charge in [0.25, 0.3) is 0 Å². The second-order valence-electron chi connectivity index (χ2n) is 3.20. The summed E-state index contributed by atoms with van der Waals surface area (Å²) in [5, 5.41) is 0. The Balaban J connectivity index is 2.37. The van der Waals surface area contributed by atoms with Crippen LogP contribution in [-0.2, 0) is 0 Å². The van der Waals surface area contributed by atoms with Gasteiger partial charge in [-0.1, -0.05) is 0 Å². The molecular weight excluding hydrogens is 204 g/mol. The number of methoxy groups -OCH3 is 1. The Hall–Kier alpha value is -2.01. The molecule has 0 bridgehead atoms. The van der Waals surface area contributed by atoms with Crippen LogP contribution < -0.4 is 10.5 Å². The minimum Gasteiger partial charge on any atom is -0.495 e. The normalized spacial score (nSPS) is 12.1. The van der Waals surface area contributed by atoms with E-state index in [1.807, 2.05) is 6.07 Å². The zero-order valence-electron chi connectivity index (χ0n) is 8.87. The van der Waals surface area contributed by atoms with Crippen LogP contribution >= 0.6 is 0 Å². The van der Waals surface area contributed by atoms with Crippen LogP contribution in [0.1, 0.15) is 17.4 Å². The highest BCUT2D eigenvalue weighted by Gasteiger charge is 2.16. The molecule has 1 atom stereocenters. The molecule has 0 saturated carbocycles. The van der Waals surface area contributed by atoms with E-state index in [2.05, 4.69) is 15.0 Å². The van der Waals surface area contributed by atoms with Gasteiger partial charge in [-0.2, -0.15) is 0 Å². The Labute approximate surface area is 93.3 Å². The first-order valence-corrected chi connectivity index (χ1v) is 4.83. The standard InChI is InChI=1S/C11H12N4O/c1-16-9-3-2-4-15-11(9)10(12)8-7-13-5-6-14-8/h2-7,10H,12H2,1H3. The summed E-state index contributed by atoms with van der Waals surface area (Å²) >= 11 is 0. The highest BCUT2D eigenvalue weighted by molar-refractivity contribution is 5.33. The lowest BCUT2D eigenvalue weighted by Gasteiger charge is -2.13. The van der Waals surface area contributed by atoms with E-state index < -0.39 is 6.04 Å². The lowest BCUT2D eigenvalue weighted by atomic mass is 10.1. The summed E-state index contributed by atoms with van der Waals surface area (Å²) in [5.74, 6) is 0.653. The summed E-state index contributed by atoms with van der Waals surface area (Å²) in [6.45, 7) is 0. The van der Waals surface area contributed by atoms with Gasteiger partial charge in [0.2, 0.25) is 0 Å². The van der Waals surface area contributed by atoms with E-state index in [1.165, 1.54) is 0 Å². The van der Waals surface area contributed by atoms with Gasteiger partial charge in [0.15, 0.2) is 0 Å². The predicted octanol–water partition coefficient (Wildman–Crippen LogP) is 0.928. The Bertz CT molecular complexity index is 461. The molecular formula is C11H12N4O. The average Bonchev–Trinajstić information content (AvgIpc) is 2.39. The number of ether oxygens (including phenoxy) is 1. The molecule has 5 heteroatoms. The molecule has 0 aliphatic heterocycles. The van der Waals surface area contributed by atoms with E-state index in [9.17, 15) is 0 Å². The molecule has 0 aliphatic carbocycles. The number of nitrogens with two attached hydrogens (primary N) is 1. The van der Waals surface area contributed by atoms with Gasteiger partial charge in [-0.25, -0.2) is 0 Å². The summed E-state index contributed by atoms with van der Waals surface area (Å²) in [5.41, 5.74) is 7.37. The third kappa shape index (κ3) is 1.99. The van der Waals surface area contributed by atoms with Crippen molar-refractivity contribution < 1.29 is 4.74 Å². The number of nitrogens with zero attached hydrogens (tertiary/aromatic N) is 3. The molecule has 0 fully saturated rings. The molecule has 2 aromatic heterocycles. The van der Waals surface area contributed by atoms with Crippen molar-refractivity contribution in [2.45, 2.75) is 6.04 Å². The summed E-state index contributed by atoms with van der Waals surface area (Å²) in [4.78, 5) is 12.3.